The molecule has 182 valence electrons. The second-order valence-corrected chi connectivity index (χ2v) is 10.0. The maximum Gasteiger partial charge on any atom is 0.361 e. The monoisotopic (exact) mass is 491 g/mol. The summed E-state index contributed by atoms with van der Waals surface area (Å²) >= 11 is 0. The summed E-state index contributed by atoms with van der Waals surface area (Å²) in [6.07, 6.45) is 0.797. The average Bonchev–Trinajstić information content (AvgIpc) is 3.19. The van der Waals surface area contributed by atoms with E-state index in [1.807, 2.05) is 54.6 Å². The molecule has 3 aromatic carbocycles. The van der Waals surface area contributed by atoms with Crippen LogP contribution in [0.25, 0.3) is 11.3 Å². The molecule has 4 N–H and O–H groups in total. The Morgan fingerprint density at radius 2 is 1.66 bits per heavy atom. The molecule has 0 fully saturated rings. The Morgan fingerprint density at radius 3 is 2.29 bits per heavy atom. The van der Waals surface area contributed by atoms with E-state index in [9.17, 15) is 9.36 Å². The van der Waals surface area contributed by atoms with Gasteiger partial charge in [-0.25, -0.2) is 0 Å². The van der Waals surface area contributed by atoms with Crippen molar-refractivity contribution >= 4 is 41.5 Å². The van der Waals surface area contributed by atoms with E-state index in [-0.39, 0.29) is 19.1 Å². The number of amides is 1. The molecule has 0 saturated heterocycles. The van der Waals surface area contributed by atoms with E-state index in [0.29, 0.717) is 34.4 Å². The van der Waals surface area contributed by atoms with Gasteiger partial charge in [-0.05, 0) is 68.3 Å². The topological polar surface area (TPSA) is 103 Å². The van der Waals surface area contributed by atoms with Crippen LogP contribution in [0.1, 0.15) is 30.5 Å². The highest BCUT2D eigenvalue weighted by Gasteiger charge is 2.33. The zero-order valence-corrected chi connectivity index (χ0v) is 20.8. The summed E-state index contributed by atoms with van der Waals surface area (Å²) in [5.41, 5.74) is 10.9. The number of hydrogen-bond donors (Lipinski definition) is 3. The highest BCUT2D eigenvalue weighted by molar-refractivity contribution is 7.62. The normalized spacial score (nSPS) is 14.4. The van der Waals surface area contributed by atoms with Gasteiger partial charge in [0.05, 0.1) is 29.8 Å². The summed E-state index contributed by atoms with van der Waals surface area (Å²) in [5.74, 6) is -0.245. The van der Waals surface area contributed by atoms with Crippen molar-refractivity contribution in [3.63, 3.8) is 0 Å². The van der Waals surface area contributed by atoms with Gasteiger partial charge in [-0.3, -0.25) is 9.36 Å². The standard InChI is InChI=1S/C27H30N3O4P/c1-3-33-35(32,34-4-2)22-14-15-24-23(18-22)25(27(31)30-24)26(20-8-6-5-7-9-20)29-21-12-10-19(11-13-21)16-17-28/h5-15,18,29H,3-4,16-17,28H2,1-2H3,(H,30,31). The molecule has 8 heteroatoms. The second-order valence-electron chi connectivity index (χ2n) is 7.99. The Morgan fingerprint density at radius 1 is 0.971 bits per heavy atom. The Labute approximate surface area is 205 Å². The number of fused-ring (bicyclic) bond motifs is 1. The minimum atomic E-state index is -3.52. The molecular formula is C27H30N3O4P. The molecule has 0 spiro atoms. The van der Waals surface area contributed by atoms with Crippen LogP contribution in [0.4, 0.5) is 11.4 Å². The number of nitrogens with one attached hydrogen (secondary N) is 2. The van der Waals surface area contributed by atoms with E-state index >= 15 is 0 Å². The van der Waals surface area contributed by atoms with E-state index in [2.05, 4.69) is 10.6 Å². The Balaban J connectivity index is 1.84. The summed E-state index contributed by atoms with van der Waals surface area (Å²) in [6, 6.07) is 22.8. The van der Waals surface area contributed by atoms with Crippen LogP contribution in [0.2, 0.25) is 0 Å². The van der Waals surface area contributed by atoms with Crippen LogP contribution in [-0.2, 0) is 24.8 Å². The molecule has 35 heavy (non-hydrogen) atoms. The van der Waals surface area contributed by atoms with Crippen LogP contribution >= 0.6 is 7.60 Å². The molecule has 4 rings (SSSR count). The number of benzene rings is 3. The molecule has 0 radical (unpaired) electrons. The maximum absolute atomic E-state index is 13.4. The van der Waals surface area contributed by atoms with Crippen LogP contribution in [0.5, 0.6) is 0 Å². The third kappa shape index (κ3) is 5.39. The van der Waals surface area contributed by atoms with E-state index in [1.54, 1.807) is 32.0 Å². The van der Waals surface area contributed by atoms with Crippen molar-refractivity contribution in [3.8, 4) is 0 Å². The molecule has 0 aliphatic carbocycles. The number of nitrogens with two attached hydrogens (primary N) is 1. The molecule has 0 aromatic heterocycles. The average molecular weight is 492 g/mol. The van der Waals surface area contributed by atoms with Gasteiger partial charge in [0.25, 0.3) is 5.91 Å². The van der Waals surface area contributed by atoms with E-state index in [1.165, 1.54) is 0 Å². The highest BCUT2D eigenvalue weighted by Crippen LogP contribution is 2.48. The van der Waals surface area contributed by atoms with Crippen LogP contribution in [0.15, 0.2) is 72.8 Å². The Kier molecular flexibility index (Phi) is 7.83. The van der Waals surface area contributed by atoms with Crippen molar-refractivity contribution in [1.82, 2.24) is 0 Å². The summed E-state index contributed by atoms with van der Waals surface area (Å²) in [5, 5.41) is 6.78. The summed E-state index contributed by atoms with van der Waals surface area (Å²) < 4.78 is 24.5. The van der Waals surface area contributed by atoms with Crippen LogP contribution in [0.3, 0.4) is 0 Å². The van der Waals surface area contributed by atoms with E-state index < -0.39 is 7.60 Å². The van der Waals surface area contributed by atoms with Gasteiger partial charge in [0, 0.05) is 16.9 Å². The smallest absolute Gasteiger partial charge is 0.354 e. The number of hydrogen-bond acceptors (Lipinski definition) is 6. The maximum atomic E-state index is 13.4. The van der Waals surface area contributed by atoms with Gasteiger partial charge in [0.15, 0.2) is 0 Å². The number of carbonyl (C=O) groups excluding carboxylic acids is 1. The summed E-state index contributed by atoms with van der Waals surface area (Å²) in [7, 11) is -3.52. The molecule has 0 unspecified atom stereocenters. The molecule has 0 bridgehead atoms. The number of anilines is 2. The lowest BCUT2D eigenvalue weighted by atomic mass is 10.00. The quantitative estimate of drug-likeness (QED) is 0.272. The van der Waals surface area contributed by atoms with Crippen molar-refractivity contribution < 1.29 is 18.4 Å². The molecule has 3 aromatic rings. The molecule has 1 amide bonds. The third-order valence-corrected chi connectivity index (χ3v) is 7.74. The van der Waals surface area contributed by atoms with Gasteiger partial charge in [0.1, 0.15) is 0 Å². The van der Waals surface area contributed by atoms with Crippen molar-refractivity contribution in [1.29, 1.82) is 0 Å². The molecule has 1 aliphatic heterocycles. The highest BCUT2D eigenvalue weighted by atomic mass is 31.2. The molecular weight excluding hydrogens is 461 g/mol. The van der Waals surface area contributed by atoms with Gasteiger partial charge >= 0.3 is 7.60 Å². The van der Waals surface area contributed by atoms with Crippen molar-refractivity contribution in [2.24, 2.45) is 5.73 Å². The van der Waals surface area contributed by atoms with Crippen molar-refractivity contribution in [2.75, 3.05) is 30.4 Å². The number of rotatable bonds is 10. The molecule has 0 atom stereocenters. The first kappa shape index (κ1) is 24.9. The Bertz CT molecular complexity index is 1260. The van der Waals surface area contributed by atoms with Crippen LogP contribution in [-0.4, -0.2) is 25.7 Å². The predicted molar refractivity (Wildman–Crippen MR) is 142 cm³/mol. The van der Waals surface area contributed by atoms with Crippen molar-refractivity contribution in [2.45, 2.75) is 20.3 Å². The third-order valence-electron chi connectivity index (χ3n) is 5.63. The Hall–Kier alpha value is -3.22. The fourth-order valence-corrected chi connectivity index (χ4v) is 5.65. The molecule has 1 heterocycles. The fraction of sp³-hybridized carbons (Fsp3) is 0.222. The first-order valence-corrected chi connectivity index (χ1v) is 13.2. The van der Waals surface area contributed by atoms with E-state index in [4.69, 9.17) is 14.8 Å². The first-order valence-electron chi connectivity index (χ1n) is 11.7. The minimum Gasteiger partial charge on any atom is -0.354 e. The lowest BCUT2D eigenvalue weighted by molar-refractivity contribution is -0.110. The van der Waals surface area contributed by atoms with Gasteiger partial charge in [-0.2, -0.15) is 0 Å². The second kappa shape index (κ2) is 11.0. The number of carbonyl (C=O) groups is 1. The largest absolute Gasteiger partial charge is 0.361 e. The zero-order chi connectivity index (χ0) is 24.8. The molecule has 1 aliphatic rings. The summed E-state index contributed by atoms with van der Waals surface area (Å²) in [4.78, 5) is 13.2. The minimum absolute atomic E-state index is 0.241. The zero-order valence-electron chi connectivity index (χ0n) is 19.9. The van der Waals surface area contributed by atoms with Gasteiger partial charge in [-0.1, -0.05) is 42.5 Å². The molecule has 0 saturated carbocycles. The fourth-order valence-electron chi connectivity index (χ4n) is 4.05. The van der Waals surface area contributed by atoms with E-state index in [0.717, 1.165) is 23.2 Å². The SMILES string of the molecule is CCOP(=O)(OCC)c1ccc2c(c1)C(=C(Nc1ccc(CCN)cc1)c1ccccc1)C(=O)N2. The molecule has 7 nitrogen and oxygen atoms in total. The predicted octanol–water partition coefficient (Wildman–Crippen LogP) is 5.01. The van der Waals surface area contributed by atoms with Crippen molar-refractivity contribution in [3.05, 3.63) is 89.5 Å². The summed E-state index contributed by atoms with van der Waals surface area (Å²) in [6.45, 7) is 4.60. The lowest BCUT2D eigenvalue weighted by Gasteiger charge is -2.18. The van der Waals surface area contributed by atoms with Crippen LogP contribution in [0, 0.1) is 0 Å². The first-order chi connectivity index (χ1) is 17.0. The van der Waals surface area contributed by atoms with Gasteiger partial charge < -0.3 is 25.4 Å². The van der Waals surface area contributed by atoms with Crippen LogP contribution < -0.4 is 21.7 Å². The lowest BCUT2D eigenvalue weighted by Crippen LogP contribution is -2.12. The van der Waals surface area contributed by atoms with Gasteiger partial charge in [0.2, 0.25) is 0 Å². The van der Waals surface area contributed by atoms with Gasteiger partial charge in [-0.15, -0.1) is 0 Å².